The summed E-state index contributed by atoms with van der Waals surface area (Å²) < 4.78 is 28.7. The Morgan fingerprint density at radius 3 is 2.64 bits per heavy atom. The van der Waals surface area contributed by atoms with Gasteiger partial charge in [-0.2, -0.15) is 5.26 Å². The molecule has 0 radical (unpaired) electrons. The molecule has 7 rings (SSSR count). The van der Waals surface area contributed by atoms with Crippen molar-refractivity contribution in [3.63, 3.8) is 0 Å². The molecule has 4 unspecified atom stereocenters. The Balaban J connectivity index is 1.25. The van der Waals surface area contributed by atoms with E-state index in [1.54, 1.807) is 29.0 Å². The molecule has 4 aliphatic heterocycles. The number of anilines is 1. The maximum Gasteiger partial charge on any atom is 0.271 e. The molecule has 50 heavy (non-hydrogen) atoms. The minimum Gasteiger partial charge on any atom is -0.472 e. The van der Waals surface area contributed by atoms with Gasteiger partial charge in [-0.25, -0.2) is 9.29 Å². The van der Waals surface area contributed by atoms with E-state index >= 15 is 4.39 Å². The fourth-order valence-corrected chi connectivity index (χ4v) is 9.94. The van der Waals surface area contributed by atoms with Crippen molar-refractivity contribution in [2.45, 2.75) is 119 Å². The second-order valence-corrected chi connectivity index (χ2v) is 15.4. The monoisotopic (exact) mass is 691 g/mol. The summed E-state index contributed by atoms with van der Waals surface area (Å²) in [6.45, 7) is 7.14. The van der Waals surface area contributed by atoms with Crippen molar-refractivity contribution < 1.29 is 23.5 Å². The van der Waals surface area contributed by atoms with Crippen LogP contribution < -0.4 is 15.0 Å². The van der Waals surface area contributed by atoms with E-state index in [0.717, 1.165) is 32.2 Å². The van der Waals surface area contributed by atoms with Crippen LogP contribution in [-0.2, 0) is 14.3 Å². The number of likely N-dealkylation sites (N-methyl/N-ethyl adjacent to an activating group) is 2. The number of piperazine rings is 1. The lowest BCUT2D eigenvalue weighted by Crippen LogP contribution is -2.76. The van der Waals surface area contributed by atoms with Crippen molar-refractivity contribution in [2.24, 2.45) is 5.92 Å². The van der Waals surface area contributed by atoms with Gasteiger partial charge in [-0.15, -0.1) is 0 Å². The smallest absolute Gasteiger partial charge is 0.271 e. The molecule has 12 heteroatoms. The van der Waals surface area contributed by atoms with Crippen molar-refractivity contribution in [2.75, 3.05) is 51.8 Å². The highest BCUT2D eigenvalue weighted by atomic mass is 19.1. The summed E-state index contributed by atoms with van der Waals surface area (Å²) in [5.41, 5.74) is -0.740. The SMILES string of the molecule is C=CC(=O)N1CCN(C2C3CC[C@]4(CC3NC(OC[C@@H]3CCCN3C)N2C2CCCCCC2)Oc2c(F)cccc2N(C)C4=O)C[C@H]1CC#N. The van der Waals surface area contributed by atoms with E-state index in [4.69, 9.17) is 9.47 Å². The van der Waals surface area contributed by atoms with Crippen molar-refractivity contribution in [3.8, 4) is 11.8 Å². The van der Waals surface area contributed by atoms with Crippen LogP contribution in [0.2, 0.25) is 0 Å². The summed E-state index contributed by atoms with van der Waals surface area (Å²) in [4.78, 5) is 37.9. The van der Waals surface area contributed by atoms with Crippen LogP contribution in [0.25, 0.3) is 0 Å². The predicted octanol–water partition coefficient (Wildman–Crippen LogP) is 4.05. The van der Waals surface area contributed by atoms with Gasteiger partial charge in [0.2, 0.25) is 5.91 Å². The summed E-state index contributed by atoms with van der Waals surface area (Å²) in [7, 11) is 3.88. The summed E-state index contributed by atoms with van der Waals surface area (Å²) >= 11 is 0. The Labute approximate surface area is 296 Å². The zero-order valence-corrected chi connectivity index (χ0v) is 29.8. The first-order chi connectivity index (χ1) is 24.2. The van der Waals surface area contributed by atoms with E-state index in [1.807, 2.05) is 0 Å². The molecular formula is C38H54FN7O4. The molecule has 1 aromatic carbocycles. The number of nitrogens with one attached hydrogen (secondary N) is 1. The Morgan fingerprint density at radius 2 is 1.92 bits per heavy atom. The molecule has 6 aliphatic rings. The van der Waals surface area contributed by atoms with Crippen LogP contribution in [0.3, 0.4) is 0 Å². The zero-order chi connectivity index (χ0) is 35.0. The second-order valence-electron chi connectivity index (χ2n) is 15.4. The third-order valence-electron chi connectivity index (χ3n) is 12.6. The van der Waals surface area contributed by atoms with Crippen LogP contribution in [0.4, 0.5) is 10.1 Å². The predicted molar refractivity (Wildman–Crippen MR) is 187 cm³/mol. The molecule has 7 atom stereocenters. The Kier molecular flexibility index (Phi) is 10.5. The molecule has 1 spiro atoms. The maximum atomic E-state index is 15.2. The lowest BCUT2D eigenvalue weighted by atomic mass is 9.71. The number of benzene rings is 1. The number of hydrogen-bond acceptors (Lipinski definition) is 9. The van der Waals surface area contributed by atoms with Gasteiger partial charge >= 0.3 is 0 Å². The number of rotatable bonds is 7. The van der Waals surface area contributed by atoms with Crippen molar-refractivity contribution in [1.29, 1.82) is 5.26 Å². The number of nitriles is 1. The van der Waals surface area contributed by atoms with E-state index in [-0.39, 0.29) is 48.2 Å². The standard InChI is InChI=1S/C38H54FN7O4/c1-4-33(47)45-22-21-44(24-27(45)17-19-40)35-29-16-18-38(36(48)43(3)32-15-9-14-30(39)34(32)50-38)23-31(29)41-37(49-25-28-13-10-20-42(28)2)46(35)26-11-7-5-6-8-12-26/h4,9,14-15,26-29,31,35,37,41H,1,5-8,10-13,16-18,20-25H2,2-3H3/t27-,28+,29?,31?,35?,37?,38-/m1/s1. The third kappa shape index (κ3) is 6.56. The molecule has 11 nitrogen and oxygen atoms in total. The van der Waals surface area contributed by atoms with Gasteiger partial charge in [0.15, 0.2) is 23.5 Å². The largest absolute Gasteiger partial charge is 0.472 e. The summed E-state index contributed by atoms with van der Waals surface area (Å²) in [6, 6.07) is 7.31. The van der Waals surface area contributed by atoms with Crippen molar-refractivity contribution in [1.82, 2.24) is 24.9 Å². The minimum absolute atomic E-state index is 0.0318. The Hall–Kier alpha value is -3.08. The normalized spacial score (nSPS) is 34.5. The quantitative estimate of drug-likeness (QED) is 0.335. The van der Waals surface area contributed by atoms with Gasteiger partial charge in [-0.3, -0.25) is 19.8 Å². The van der Waals surface area contributed by atoms with Gasteiger partial charge < -0.3 is 24.2 Å². The average molecular weight is 692 g/mol. The summed E-state index contributed by atoms with van der Waals surface area (Å²) in [5, 5.41) is 13.8. The molecule has 272 valence electrons. The number of likely N-dealkylation sites (tertiary alicyclic amines) is 1. The van der Waals surface area contributed by atoms with Gasteiger partial charge in [0.25, 0.3) is 5.91 Å². The molecule has 2 aliphatic carbocycles. The molecule has 0 bridgehead atoms. The zero-order valence-electron chi connectivity index (χ0n) is 29.8. The number of nitrogens with zero attached hydrogens (tertiary/aromatic N) is 6. The van der Waals surface area contributed by atoms with Crippen LogP contribution in [-0.4, -0.2) is 121 Å². The fourth-order valence-electron chi connectivity index (χ4n) is 9.94. The van der Waals surface area contributed by atoms with Crippen molar-refractivity contribution >= 4 is 17.5 Å². The van der Waals surface area contributed by atoms with Gasteiger partial charge in [-0.05, 0) is 70.3 Å². The second kappa shape index (κ2) is 14.9. The first kappa shape index (κ1) is 35.3. The lowest BCUT2D eigenvalue weighted by Gasteiger charge is -2.60. The molecular weight excluding hydrogens is 637 g/mol. The maximum absolute atomic E-state index is 15.2. The molecule has 5 fully saturated rings. The number of hydrogen-bond donors (Lipinski definition) is 1. The Bertz CT molecular complexity index is 1460. The summed E-state index contributed by atoms with van der Waals surface area (Å²) in [5.74, 6) is -0.491. The van der Waals surface area contributed by atoms with Gasteiger partial charge in [-0.1, -0.05) is 38.3 Å². The van der Waals surface area contributed by atoms with Crippen molar-refractivity contribution in [3.05, 3.63) is 36.7 Å². The number of halogens is 1. The van der Waals surface area contributed by atoms with E-state index in [0.29, 0.717) is 63.3 Å². The van der Waals surface area contributed by atoms with Gasteiger partial charge in [0.1, 0.15) is 0 Å². The van der Waals surface area contributed by atoms with Crippen LogP contribution in [0.5, 0.6) is 5.75 Å². The van der Waals surface area contributed by atoms with E-state index in [2.05, 4.69) is 39.7 Å². The number of amides is 2. The molecule has 2 amide bonds. The van der Waals surface area contributed by atoms with E-state index in [9.17, 15) is 14.9 Å². The molecule has 4 heterocycles. The minimum atomic E-state index is -1.19. The molecule has 1 N–H and O–H groups in total. The molecule has 0 aromatic heterocycles. The van der Waals surface area contributed by atoms with Crippen LogP contribution in [0.15, 0.2) is 30.9 Å². The molecule has 2 saturated carbocycles. The van der Waals surface area contributed by atoms with E-state index < -0.39 is 17.8 Å². The molecule has 1 aromatic rings. The number of ether oxygens (including phenoxy) is 2. The van der Waals surface area contributed by atoms with Gasteiger partial charge in [0, 0.05) is 57.1 Å². The average Bonchev–Trinajstić information content (AvgIpc) is 3.35. The highest BCUT2D eigenvalue weighted by Crippen LogP contribution is 2.49. The van der Waals surface area contributed by atoms with Crippen LogP contribution in [0.1, 0.15) is 77.0 Å². The van der Waals surface area contributed by atoms with Crippen LogP contribution >= 0.6 is 0 Å². The number of carbonyl (C=O) groups is 2. The number of carbonyl (C=O) groups excluding carboxylic acids is 2. The highest BCUT2D eigenvalue weighted by molar-refractivity contribution is 6.02. The number of para-hydroxylation sites is 1. The Morgan fingerprint density at radius 1 is 1.12 bits per heavy atom. The molecule has 3 saturated heterocycles. The first-order valence-electron chi connectivity index (χ1n) is 18.9. The fraction of sp³-hybridized carbons (Fsp3) is 0.711. The first-order valence-corrected chi connectivity index (χ1v) is 18.9. The van der Waals surface area contributed by atoms with Crippen LogP contribution in [0, 0.1) is 23.1 Å². The lowest BCUT2D eigenvalue weighted by molar-refractivity contribution is -0.220. The van der Waals surface area contributed by atoms with Gasteiger partial charge in [0.05, 0.1) is 37.0 Å². The summed E-state index contributed by atoms with van der Waals surface area (Å²) in [6.07, 6.45) is 11.9. The van der Waals surface area contributed by atoms with E-state index in [1.165, 1.54) is 37.8 Å². The third-order valence-corrected chi connectivity index (χ3v) is 12.6. The number of fused-ring (bicyclic) bond motifs is 2. The highest BCUT2D eigenvalue weighted by Gasteiger charge is 2.58. The topological polar surface area (TPSA) is 105 Å².